The molecule has 0 spiro atoms. The smallest absolute Gasteiger partial charge is 0.351 e. The van der Waals surface area contributed by atoms with Gasteiger partial charge in [-0.2, -0.15) is 13.2 Å². The Hall–Kier alpha value is -1.12. The van der Waals surface area contributed by atoms with E-state index in [1.807, 2.05) is 0 Å². The molecule has 20 heavy (non-hydrogen) atoms. The van der Waals surface area contributed by atoms with Crippen LogP contribution in [-0.2, 0) is 15.1 Å². The Balaban J connectivity index is 2.31. The number of halogens is 4. The van der Waals surface area contributed by atoms with Crippen molar-refractivity contribution >= 4 is 21.8 Å². The average Bonchev–Trinajstić information content (AvgIpc) is 2.33. The van der Waals surface area contributed by atoms with Gasteiger partial charge in [-0.3, -0.25) is 4.79 Å². The number of alkyl halides is 3. The highest BCUT2D eigenvalue weighted by Gasteiger charge is 2.65. The van der Waals surface area contributed by atoms with Crippen LogP contribution in [0.15, 0.2) is 28.7 Å². The van der Waals surface area contributed by atoms with Gasteiger partial charge in [0.05, 0.1) is 12.1 Å². The second-order valence-corrected chi connectivity index (χ2v) is 5.64. The molecule has 0 bridgehead atoms. The van der Waals surface area contributed by atoms with Gasteiger partial charge in [-0.15, -0.1) is 0 Å². The fourth-order valence-corrected chi connectivity index (χ4v) is 2.28. The minimum Gasteiger partial charge on any atom is -0.351 e. The molecule has 2 unspecified atom stereocenters. The lowest BCUT2D eigenvalue weighted by atomic mass is 9.90. The van der Waals surface area contributed by atoms with Crippen LogP contribution < -0.4 is 5.32 Å². The summed E-state index contributed by atoms with van der Waals surface area (Å²) < 4.78 is 43.1. The van der Waals surface area contributed by atoms with Crippen molar-refractivity contribution in [1.82, 2.24) is 5.32 Å². The molecule has 8 heteroatoms. The molecule has 1 heterocycles. The first kappa shape index (κ1) is 15.3. The van der Waals surface area contributed by atoms with Crippen LogP contribution in [0.2, 0.25) is 0 Å². The molecule has 0 aromatic heterocycles. The minimum absolute atomic E-state index is 0.509. The quantitative estimate of drug-likeness (QED) is 0.812. The van der Waals surface area contributed by atoms with Gasteiger partial charge in [0.1, 0.15) is 0 Å². The lowest BCUT2D eigenvalue weighted by Gasteiger charge is -2.42. The molecule has 2 rings (SSSR count). The van der Waals surface area contributed by atoms with Crippen molar-refractivity contribution in [2.24, 2.45) is 0 Å². The fraction of sp³-hybridized carbons (Fsp3) is 0.417. The molecular weight excluding hydrogens is 343 g/mol. The normalized spacial score (nSPS) is 31.0. The Morgan fingerprint density at radius 3 is 2.60 bits per heavy atom. The van der Waals surface area contributed by atoms with E-state index in [9.17, 15) is 23.1 Å². The first-order valence-corrected chi connectivity index (χ1v) is 6.39. The van der Waals surface area contributed by atoms with Crippen molar-refractivity contribution in [2.45, 2.75) is 24.4 Å². The van der Waals surface area contributed by atoms with E-state index >= 15 is 0 Å². The molecular formula is C12H11BrF3NO3. The molecule has 1 saturated heterocycles. The fourth-order valence-electron chi connectivity index (χ4n) is 1.88. The van der Waals surface area contributed by atoms with Crippen molar-refractivity contribution in [1.29, 1.82) is 0 Å². The molecule has 0 radical (unpaired) electrons. The van der Waals surface area contributed by atoms with Gasteiger partial charge in [0, 0.05) is 4.47 Å². The van der Waals surface area contributed by atoms with Crippen LogP contribution >= 0.6 is 15.9 Å². The number of hydrogen-bond donors (Lipinski definition) is 2. The standard InChI is InChI=1S/C12H11BrF3NO3/c1-10(7-3-2-4-8(13)5-7)6-20-11(19,9(18)17-10)12(14,15)16/h2-5,19H,6H2,1H3,(H,17,18). The maximum atomic E-state index is 12.7. The third-order valence-electron chi connectivity index (χ3n) is 3.11. The van der Waals surface area contributed by atoms with Crippen molar-refractivity contribution in [3.05, 3.63) is 34.3 Å². The zero-order valence-electron chi connectivity index (χ0n) is 10.3. The highest BCUT2D eigenvalue weighted by Crippen LogP contribution is 2.38. The topological polar surface area (TPSA) is 58.6 Å². The summed E-state index contributed by atoms with van der Waals surface area (Å²) in [5.41, 5.74) is -0.595. The lowest BCUT2D eigenvalue weighted by Crippen LogP contribution is -2.68. The number of ether oxygens (including phenoxy) is 1. The van der Waals surface area contributed by atoms with Gasteiger partial charge in [-0.25, -0.2) is 0 Å². The first-order valence-electron chi connectivity index (χ1n) is 5.60. The number of carbonyl (C=O) groups excluding carboxylic acids is 1. The molecule has 1 fully saturated rings. The Kier molecular flexibility index (Phi) is 3.60. The summed E-state index contributed by atoms with van der Waals surface area (Å²) >= 11 is 3.24. The Morgan fingerprint density at radius 1 is 1.45 bits per heavy atom. The zero-order valence-corrected chi connectivity index (χ0v) is 11.9. The summed E-state index contributed by atoms with van der Waals surface area (Å²) in [7, 11) is 0. The molecule has 0 aliphatic carbocycles. The molecule has 4 nitrogen and oxygen atoms in total. The van der Waals surface area contributed by atoms with Gasteiger partial charge in [0.2, 0.25) is 0 Å². The number of aliphatic hydroxyl groups is 1. The van der Waals surface area contributed by atoms with Gasteiger partial charge in [0.15, 0.2) is 0 Å². The van der Waals surface area contributed by atoms with Gasteiger partial charge < -0.3 is 15.2 Å². The Labute approximate surface area is 121 Å². The van der Waals surface area contributed by atoms with Gasteiger partial charge in [0.25, 0.3) is 5.91 Å². The SMILES string of the molecule is CC1(c2cccc(Br)c2)COC(O)(C(F)(F)F)C(=O)N1. The summed E-state index contributed by atoms with van der Waals surface area (Å²) in [6.07, 6.45) is -5.20. The maximum Gasteiger partial charge on any atom is 0.453 e. The predicted molar refractivity (Wildman–Crippen MR) is 66.6 cm³/mol. The van der Waals surface area contributed by atoms with E-state index in [2.05, 4.69) is 26.0 Å². The number of carbonyl (C=O) groups is 1. The first-order chi connectivity index (χ1) is 9.08. The highest BCUT2D eigenvalue weighted by atomic mass is 79.9. The monoisotopic (exact) mass is 353 g/mol. The summed E-state index contributed by atoms with van der Waals surface area (Å²) in [5.74, 6) is -5.43. The number of nitrogens with one attached hydrogen (secondary N) is 1. The summed E-state index contributed by atoms with van der Waals surface area (Å²) in [5, 5.41) is 11.5. The van der Waals surface area contributed by atoms with Crippen molar-refractivity contribution in [3.8, 4) is 0 Å². The average molecular weight is 354 g/mol. The van der Waals surface area contributed by atoms with Gasteiger partial charge in [-0.05, 0) is 24.6 Å². The van der Waals surface area contributed by atoms with Crippen LogP contribution in [0.25, 0.3) is 0 Å². The molecule has 1 aliphatic rings. The molecule has 110 valence electrons. The molecule has 2 atom stereocenters. The maximum absolute atomic E-state index is 12.7. The van der Waals surface area contributed by atoms with E-state index < -0.39 is 30.0 Å². The number of amides is 1. The molecule has 0 saturated carbocycles. The van der Waals surface area contributed by atoms with E-state index in [1.165, 1.54) is 6.92 Å². The summed E-state index contributed by atoms with van der Waals surface area (Å²) in [6, 6.07) is 6.72. The zero-order chi connectivity index (χ0) is 15.2. The van der Waals surface area contributed by atoms with Crippen LogP contribution in [0.4, 0.5) is 13.2 Å². The number of hydrogen-bond acceptors (Lipinski definition) is 3. The van der Waals surface area contributed by atoms with E-state index in [-0.39, 0.29) is 0 Å². The van der Waals surface area contributed by atoms with Crippen LogP contribution in [0.5, 0.6) is 0 Å². The molecule has 1 amide bonds. The third kappa shape index (κ3) is 2.43. The summed E-state index contributed by atoms with van der Waals surface area (Å²) in [6.45, 7) is 1.01. The summed E-state index contributed by atoms with van der Waals surface area (Å²) in [4.78, 5) is 11.6. The largest absolute Gasteiger partial charge is 0.453 e. The molecule has 1 aliphatic heterocycles. The molecule has 1 aromatic carbocycles. The van der Waals surface area contributed by atoms with Crippen LogP contribution in [0, 0.1) is 0 Å². The number of rotatable bonds is 1. The minimum atomic E-state index is -5.20. The number of morpholine rings is 1. The van der Waals surface area contributed by atoms with Crippen LogP contribution in [-0.4, -0.2) is 29.6 Å². The van der Waals surface area contributed by atoms with Crippen molar-refractivity contribution in [2.75, 3.05) is 6.61 Å². The van der Waals surface area contributed by atoms with Crippen LogP contribution in [0.3, 0.4) is 0 Å². The second kappa shape index (κ2) is 4.71. The molecule has 2 N–H and O–H groups in total. The number of benzene rings is 1. The van der Waals surface area contributed by atoms with Gasteiger partial charge in [-0.1, -0.05) is 28.1 Å². The predicted octanol–water partition coefficient (Wildman–Crippen LogP) is 2.06. The van der Waals surface area contributed by atoms with E-state index in [1.54, 1.807) is 24.3 Å². The van der Waals surface area contributed by atoms with Gasteiger partial charge >= 0.3 is 12.0 Å². The third-order valence-corrected chi connectivity index (χ3v) is 3.61. The second-order valence-electron chi connectivity index (χ2n) is 4.73. The van der Waals surface area contributed by atoms with E-state index in [0.717, 1.165) is 0 Å². The Morgan fingerprint density at radius 2 is 2.10 bits per heavy atom. The van der Waals surface area contributed by atoms with Crippen molar-refractivity contribution < 1.29 is 27.8 Å². The van der Waals surface area contributed by atoms with Crippen molar-refractivity contribution in [3.63, 3.8) is 0 Å². The highest BCUT2D eigenvalue weighted by molar-refractivity contribution is 9.10. The lowest BCUT2D eigenvalue weighted by molar-refractivity contribution is -0.356. The van der Waals surface area contributed by atoms with E-state index in [0.29, 0.717) is 10.0 Å². The molecule has 1 aromatic rings. The Bertz CT molecular complexity index is 551. The van der Waals surface area contributed by atoms with Crippen LogP contribution in [0.1, 0.15) is 12.5 Å². The van der Waals surface area contributed by atoms with E-state index in [4.69, 9.17) is 0 Å².